The molecule has 20 nitrogen and oxygen atoms in total. The first-order valence-corrected chi connectivity index (χ1v) is 40.4. The third-order valence-corrected chi connectivity index (χ3v) is 22.0. The molecule has 2 amide bonds. The summed E-state index contributed by atoms with van der Waals surface area (Å²) in [6.45, 7) is 10.6. The fourth-order valence-electron chi connectivity index (χ4n) is 10.9. The molecule has 1 aliphatic rings. The minimum atomic E-state index is -0.555. The van der Waals surface area contributed by atoms with Gasteiger partial charge in [-0.15, -0.1) is 39.0 Å². The van der Waals surface area contributed by atoms with E-state index in [1.807, 2.05) is 125 Å². The Morgan fingerprint density at radius 1 is 0.589 bits per heavy atom. The number of nitrogen functional groups attached to an aromatic ring is 2. The van der Waals surface area contributed by atoms with Crippen LogP contribution in [-0.4, -0.2) is 86.2 Å². The minimum absolute atomic E-state index is 0. The molecule has 0 aliphatic carbocycles. The number of amides is 2. The second-order valence-electron chi connectivity index (χ2n) is 25.5. The molecule has 0 radical (unpaired) electrons. The highest BCUT2D eigenvalue weighted by Crippen LogP contribution is 2.37. The van der Waals surface area contributed by atoms with Crippen molar-refractivity contribution >= 4 is 208 Å². The highest BCUT2D eigenvalue weighted by Gasteiger charge is 2.52. The van der Waals surface area contributed by atoms with Gasteiger partial charge in [0.15, 0.2) is 6.20 Å². The van der Waals surface area contributed by atoms with Crippen molar-refractivity contribution in [2.45, 2.75) is 65.6 Å². The van der Waals surface area contributed by atoms with Crippen LogP contribution in [0.3, 0.4) is 0 Å². The SMILES string of the molecule is C.CC1(C)OB(c2ccn[nH]2)OC1(C)C.NCCc1cccs1.Nc1cc(NCCc2cccs2)c2ccc(-c3ccn[nH]3)cc2n1.Nc1cc(NCCc2cccs2)c2ccc(Br)cc2n1.O=C(Nc1cc(Cl)c2ccc(Br)cc2c1)c1ccccc1.O=C=NC(=O)c1ccccc1.[O-][n+]1ccc(Cl)c2ccc(Br)cc21. The Hall–Kier alpha value is -9.97. The fraction of sp³-hybridized carbons (Fsp3) is 0.157. The van der Waals surface area contributed by atoms with Crippen LogP contribution < -0.4 is 43.5 Å². The van der Waals surface area contributed by atoms with Crippen LogP contribution in [0, 0.1) is 5.21 Å². The van der Waals surface area contributed by atoms with Gasteiger partial charge in [0.25, 0.3) is 11.8 Å². The third-order valence-electron chi connectivity index (χ3n) is 17.1. The summed E-state index contributed by atoms with van der Waals surface area (Å²) in [6, 6.07) is 66.4. The van der Waals surface area contributed by atoms with Crippen LogP contribution in [0.15, 0.2) is 265 Å². The number of aromatic amines is 2. The number of carbonyl (C=O) groups is 2. The summed E-state index contributed by atoms with van der Waals surface area (Å²) in [7, 11) is -0.331. The van der Waals surface area contributed by atoms with E-state index in [1.165, 1.54) is 26.9 Å². The van der Waals surface area contributed by atoms with Crippen LogP contribution >= 0.6 is 105 Å². The molecule has 8 aromatic heterocycles. The number of nitrogens with two attached hydrogens (primary N) is 3. The van der Waals surface area contributed by atoms with Crippen LogP contribution in [0.2, 0.25) is 10.0 Å². The molecule has 16 rings (SSSR count). The van der Waals surface area contributed by atoms with Gasteiger partial charge in [0.05, 0.1) is 49.0 Å². The van der Waals surface area contributed by atoms with Crippen LogP contribution in [0.4, 0.5) is 28.7 Å². The van der Waals surface area contributed by atoms with Gasteiger partial charge in [-0.25, -0.2) is 14.8 Å². The topological polar surface area (TPSA) is 306 Å². The number of aliphatic imine (C=N–C) groups is 1. The quantitative estimate of drug-likeness (QED) is 0.0156. The van der Waals surface area contributed by atoms with E-state index in [2.05, 4.69) is 170 Å². The van der Waals surface area contributed by atoms with Crippen LogP contribution in [-0.2, 0) is 33.4 Å². The maximum atomic E-state index is 12.2. The molecular weight excluding hydrogens is 1710 g/mol. The summed E-state index contributed by atoms with van der Waals surface area (Å²) in [5, 5.41) is 47.2. The van der Waals surface area contributed by atoms with E-state index in [4.69, 9.17) is 49.7 Å². The van der Waals surface area contributed by atoms with Gasteiger partial charge in [0, 0.05) is 128 Å². The van der Waals surface area contributed by atoms with Gasteiger partial charge in [-0.2, -0.15) is 14.9 Å². The zero-order valence-corrected chi connectivity index (χ0v) is 69.2. The predicted octanol–water partition coefficient (Wildman–Crippen LogP) is 20.4. The van der Waals surface area contributed by atoms with Gasteiger partial charge in [0.1, 0.15) is 11.6 Å². The molecule has 0 saturated carbocycles. The van der Waals surface area contributed by atoms with Gasteiger partial charge < -0.3 is 47.7 Å². The van der Waals surface area contributed by atoms with E-state index < -0.39 is 5.91 Å². The van der Waals surface area contributed by atoms with Crippen molar-refractivity contribution in [3.05, 3.63) is 301 Å². The molecule has 9 heterocycles. The Morgan fingerprint density at radius 2 is 1.11 bits per heavy atom. The van der Waals surface area contributed by atoms with Crippen molar-refractivity contribution in [2.75, 3.05) is 47.1 Å². The number of thiophene rings is 3. The zero-order valence-electron chi connectivity index (χ0n) is 60.5. The lowest BCUT2D eigenvalue weighted by molar-refractivity contribution is -0.577. The molecular formula is C83H80BBr3Cl2N14O6S3. The van der Waals surface area contributed by atoms with Crippen molar-refractivity contribution in [1.29, 1.82) is 0 Å². The number of fused-ring (bicyclic) bond motifs is 4. The smallest absolute Gasteiger partial charge is 0.513 e. The molecule has 0 atom stereocenters. The number of H-pyrrole nitrogens is 2. The maximum absolute atomic E-state index is 12.2. The molecule has 112 heavy (non-hydrogen) atoms. The van der Waals surface area contributed by atoms with E-state index in [1.54, 1.807) is 107 Å². The van der Waals surface area contributed by atoms with Crippen molar-refractivity contribution in [3.8, 4) is 11.3 Å². The summed E-state index contributed by atoms with van der Waals surface area (Å²) in [6.07, 6.45) is 9.06. The largest absolute Gasteiger partial charge is 0.618 e. The van der Waals surface area contributed by atoms with Gasteiger partial charge in [-0.1, -0.05) is 151 Å². The normalized spacial score (nSPS) is 12.0. The number of rotatable bonds is 15. The van der Waals surface area contributed by atoms with Crippen LogP contribution in [0.25, 0.3) is 54.7 Å². The van der Waals surface area contributed by atoms with Crippen molar-refractivity contribution < 1.29 is 28.4 Å². The lowest BCUT2D eigenvalue weighted by Crippen LogP contribution is -2.41. The number of aromatic nitrogens is 7. The molecule has 0 unspecified atom stereocenters. The van der Waals surface area contributed by atoms with E-state index in [0.717, 1.165) is 123 Å². The predicted molar refractivity (Wildman–Crippen MR) is 474 cm³/mol. The van der Waals surface area contributed by atoms with Gasteiger partial charge in [0.2, 0.25) is 11.6 Å². The molecule has 29 heteroatoms. The number of nitrogens with zero attached hydrogens (tertiary/aromatic N) is 6. The number of pyridine rings is 3. The molecule has 1 aliphatic heterocycles. The molecule has 0 bridgehead atoms. The van der Waals surface area contributed by atoms with Gasteiger partial charge in [-0.3, -0.25) is 19.8 Å². The van der Waals surface area contributed by atoms with Gasteiger partial charge >= 0.3 is 7.12 Å². The highest BCUT2D eigenvalue weighted by atomic mass is 79.9. The third kappa shape index (κ3) is 24.8. The monoisotopic (exact) mass is 1780 g/mol. The Balaban J connectivity index is 0.000000153. The highest BCUT2D eigenvalue weighted by molar-refractivity contribution is 9.11. The number of hydrogen-bond donors (Lipinski definition) is 8. The first-order valence-electron chi connectivity index (χ1n) is 34.6. The summed E-state index contributed by atoms with van der Waals surface area (Å²) < 4.78 is 15.3. The van der Waals surface area contributed by atoms with Crippen molar-refractivity contribution in [1.82, 2.24) is 30.4 Å². The fourth-order valence-corrected chi connectivity index (χ4v) is 14.6. The summed E-state index contributed by atoms with van der Waals surface area (Å²) in [4.78, 5) is 48.6. The standard InChI is InChI=1S/C18H17N5S.C17H11BrClNO.C15H14BrN3S.C9H15BN2O2.C9H5BrClNO.C8H5NO2.C6H9NS.CH4/c19-18-11-16(20-7-5-13-2-1-9-24-13)14-4-3-12(10-17(14)22-18)15-6-8-21-23-15;18-13-6-7-15-12(8-13)9-14(10-16(15)19)20-17(21)11-4-2-1-3-5-11;16-10-3-4-12-13(9-15(17)19-14(12)8-10)18-6-5-11-2-1-7-20-11;1-8(2)9(3,4)14-10(13-8)7-5-6-11-12-7;10-6-1-2-7-8(11)3-4-12(13)9(7)5-6;10-6-9-8(11)7-4-2-1-3-5-7;7-4-3-6-2-1-5-8-6;/h1-4,6,8-11H,5,7H2,(H,21,23)(H3,19,20,22);1-10H,(H,20,21);1-4,7-9H,5-6H2,(H3,17,18,19);5-6H,1-4H3,(H,11,12);1-5H;1-5H;1-2,5H,3-4,7H2;1H4. The number of isocyanates is 1. The van der Waals surface area contributed by atoms with E-state index in [0.29, 0.717) is 44.0 Å². The lowest BCUT2D eigenvalue weighted by atomic mass is 9.85. The number of anilines is 5. The molecule has 7 aromatic carbocycles. The summed E-state index contributed by atoms with van der Waals surface area (Å²) >= 11 is 27.7. The summed E-state index contributed by atoms with van der Waals surface area (Å²) in [5.41, 5.74) is 25.6. The first kappa shape index (κ1) is 86.0. The lowest BCUT2D eigenvalue weighted by Gasteiger charge is -2.32. The van der Waals surface area contributed by atoms with Crippen LogP contribution in [0.1, 0.15) is 70.5 Å². The summed E-state index contributed by atoms with van der Waals surface area (Å²) in [5.74, 6) is 0.346. The number of carbonyl (C=O) groups excluding carboxylic acids is 3. The number of halogens is 5. The zero-order chi connectivity index (χ0) is 78.9. The maximum Gasteiger partial charge on any atom is 0.513 e. The Kier molecular flexibility index (Phi) is 32.3. The average molecular weight is 1790 g/mol. The van der Waals surface area contributed by atoms with E-state index in [-0.39, 0.29) is 31.7 Å². The Morgan fingerprint density at radius 3 is 1.64 bits per heavy atom. The number of hydrogen-bond acceptors (Lipinski definition) is 18. The number of benzene rings is 7. The number of nitrogens with one attached hydrogen (secondary N) is 5. The average Bonchev–Trinajstić information content (AvgIpc) is 1.41. The molecule has 11 N–H and O–H groups in total. The molecule has 574 valence electrons. The van der Waals surface area contributed by atoms with Gasteiger partial charge in [-0.05, 0) is 190 Å². The van der Waals surface area contributed by atoms with Crippen LogP contribution in [0.5, 0.6) is 0 Å². The second-order valence-corrected chi connectivity index (χ2v) is 32.1. The minimum Gasteiger partial charge on any atom is -0.618 e. The van der Waals surface area contributed by atoms with Crippen molar-refractivity contribution in [3.63, 3.8) is 0 Å². The van der Waals surface area contributed by atoms with Crippen molar-refractivity contribution in [2.24, 2.45) is 10.7 Å². The molecule has 1 fully saturated rings. The van der Waals surface area contributed by atoms with E-state index in [9.17, 15) is 19.6 Å². The molecule has 1 saturated heterocycles. The van der Waals surface area contributed by atoms with E-state index >= 15 is 0 Å². The second kappa shape index (κ2) is 42.1. The first-order chi connectivity index (χ1) is 53.5. The molecule has 0 spiro atoms. The Labute approximate surface area is 696 Å². The Bertz CT molecular complexity index is 5540. The molecule has 15 aromatic rings.